The average molecular weight is 516 g/mol. The van der Waals surface area contributed by atoms with Crippen molar-refractivity contribution in [1.29, 1.82) is 0 Å². The van der Waals surface area contributed by atoms with E-state index in [1.807, 2.05) is 63.4 Å². The summed E-state index contributed by atoms with van der Waals surface area (Å²) in [6.45, 7) is 7.71. The minimum Gasteiger partial charge on any atom is -0.491 e. The normalized spacial score (nSPS) is 12.1. The quantitative estimate of drug-likeness (QED) is 0.317. The predicted octanol–water partition coefficient (Wildman–Crippen LogP) is 6.21. The molecule has 1 aromatic heterocycles. The molecular formula is C27H30ClNO5S. The minimum atomic E-state index is -1.00. The lowest BCUT2D eigenvalue weighted by atomic mass is 9.99. The smallest absolute Gasteiger partial charge is 0.333 e. The van der Waals surface area contributed by atoms with Crippen LogP contribution < -0.4 is 10.1 Å². The Hall–Kier alpha value is -2.87. The second-order valence-corrected chi connectivity index (χ2v) is 10.0. The molecular weight excluding hydrogens is 486 g/mol. The molecule has 2 aromatic carbocycles. The molecule has 0 saturated heterocycles. The third kappa shape index (κ3) is 7.56. The van der Waals surface area contributed by atoms with Crippen LogP contribution in [0.2, 0.25) is 5.02 Å². The lowest BCUT2D eigenvalue weighted by Crippen LogP contribution is -2.29. The standard InChI is InChI=1S/C27H30ClNO5S/c1-16(2)33-20-8-10-22(23(28)14-20)26(30)29-15-19-12-18(13-24(27(31)32)34-17(3)4)7-9-21(19)25-6-5-11-35-25/h5-12,14,16-17,24H,13,15H2,1-4H3,(H,29,30)(H,31,32). The zero-order valence-corrected chi connectivity index (χ0v) is 21.8. The Morgan fingerprint density at radius 3 is 2.43 bits per heavy atom. The highest BCUT2D eigenvalue weighted by Crippen LogP contribution is 2.30. The largest absolute Gasteiger partial charge is 0.491 e. The molecule has 35 heavy (non-hydrogen) atoms. The van der Waals surface area contributed by atoms with Crippen molar-refractivity contribution in [1.82, 2.24) is 5.32 Å². The molecule has 0 bridgehead atoms. The van der Waals surface area contributed by atoms with E-state index in [1.165, 1.54) is 0 Å². The molecule has 2 N–H and O–H groups in total. The van der Waals surface area contributed by atoms with Crippen LogP contribution in [0.15, 0.2) is 53.9 Å². The van der Waals surface area contributed by atoms with E-state index in [0.29, 0.717) is 16.3 Å². The van der Waals surface area contributed by atoms with E-state index in [4.69, 9.17) is 21.1 Å². The van der Waals surface area contributed by atoms with Crippen molar-refractivity contribution in [3.05, 3.63) is 75.6 Å². The zero-order valence-electron chi connectivity index (χ0n) is 20.2. The van der Waals surface area contributed by atoms with Crippen LogP contribution in [-0.4, -0.2) is 35.3 Å². The number of carbonyl (C=O) groups is 2. The highest BCUT2D eigenvalue weighted by atomic mass is 35.5. The fourth-order valence-electron chi connectivity index (χ4n) is 3.62. The topological polar surface area (TPSA) is 84.9 Å². The Morgan fingerprint density at radius 2 is 1.83 bits per heavy atom. The van der Waals surface area contributed by atoms with Gasteiger partial charge in [0.1, 0.15) is 5.75 Å². The molecule has 0 spiro atoms. The van der Waals surface area contributed by atoms with E-state index >= 15 is 0 Å². The van der Waals surface area contributed by atoms with E-state index in [-0.39, 0.29) is 31.1 Å². The number of amides is 1. The summed E-state index contributed by atoms with van der Waals surface area (Å²) in [5.74, 6) is -0.707. The molecule has 0 aliphatic carbocycles. The third-order valence-corrected chi connectivity index (χ3v) is 6.30. The molecule has 186 valence electrons. The van der Waals surface area contributed by atoms with Crippen LogP contribution in [0.1, 0.15) is 49.2 Å². The van der Waals surface area contributed by atoms with E-state index in [1.54, 1.807) is 29.5 Å². The first kappa shape index (κ1) is 26.7. The molecule has 1 heterocycles. The molecule has 0 aliphatic heterocycles. The summed E-state index contributed by atoms with van der Waals surface area (Å²) < 4.78 is 11.2. The van der Waals surface area contributed by atoms with E-state index < -0.39 is 12.1 Å². The minimum absolute atomic E-state index is 0.000329. The summed E-state index contributed by atoms with van der Waals surface area (Å²) in [7, 11) is 0. The second-order valence-electron chi connectivity index (χ2n) is 8.68. The number of hydrogen-bond acceptors (Lipinski definition) is 5. The number of carboxylic acids is 1. The van der Waals surface area contributed by atoms with Crippen molar-refractivity contribution in [2.24, 2.45) is 0 Å². The molecule has 1 unspecified atom stereocenters. The highest BCUT2D eigenvalue weighted by molar-refractivity contribution is 7.13. The van der Waals surface area contributed by atoms with E-state index in [2.05, 4.69) is 5.32 Å². The SMILES string of the molecule is CC(C)Oc1ccc(C(=O)NCc2cc(CC(OC(C)C)C(=O)O)ccc2-c2cccs2)c(Cl)c1. The fourth-order valence-corrected chi connectivity index (χ4v) is 4.67. The molecule has 6 nitrogen and oxygen atoms in total. The summed E-state index contributed by atoms with van der Waals surface area (Å²) in [4.78, 5) is 25.6. The van der Waals surface area contributed by atoms with Gasteiger partial charge in [0.15, 0.2) is 6.10 Å². The van der Waals surface area contributed by atoms with Crippen LogP contribution in [0.4, 0.5) is 0 Å². The van der Waals surface area contributed by atoms with Crippen molar-refractivity contribution in [3.63, 3.8) is 0 Å². The zero-order chi connectivity index (χ0) is 25.5. The molecule has 1 amide bonds. The van der Waals surface area contributed by atoms with Gasteiger partial charge in [-0.05, 0) is 74.0 Å². The van der Waals surface area contributed by atoms with Crippen LogP contribution in [0.25, 0.3) is 10.4 Å². The van der Waals surface area contributed by atoms with Gasteiger partial charge in [0.2, 0.25) is 0 Å². The van der Waals surface area contributed by atoms with Gasteiger partial charge in [-0.25, -0.2) is 4.79 Å². The van der Waals surface area contributed by atoms with Gasteiger partial charge in [0.05, 0.1) is 22.8 Å². The lowest BCUT2D eigenvalue weighted by Gasteiger charge is -2.18. The summed E-state index contributed by atoms with van der Waals surface area (Å²) in [6.07, 6.45) is -0.930. The Bertz CT molecular complexity index is 1160. The van der Waals surface area contributed by atoms with Crippen LogP contribution in [0.5, 0.6) is 5.75 Å². The van der Waals surface area contributed by atoms with E-state index in [0.717, 1.165) is 21.6 Å². The molecule has 0 aliphatic rings. The molecule has 0 radical (unpaired) electrons. The molecule has 3 aromatic rings. The maximum absolute atomic E-state index is 12.9. The molecule has 1 atom stereocenters. The van der Waals surface area contributed by atoms with Crippen molar-refractivity contribution in [3.8, 4) is 16.2 Å². The number of thiophene rings is 1. The van der Waals surface area contributed by atoms with Gasteiger partial charge >= 0.3 is 5.97 Å². The average Bonchev–Trinajstić information content (AvgIpc) is 3.31. The number of benzene rings is 2. The first-order chi connectivity index (χ1) is 16.6. The second kappa shape index (κ2) is 12.2. The van der Waals surface area contributed by atoms with Gasteiger partial charge in [-0.1, -0.05) is 35.9 Å². The van der Waals surface area contributed by atoms with Crippen molar-refractivity contribution < 1.29 is 24.2 Å². The third-order valence-electron chi connectivity index (χ3n) is 5.09. The number of nitrogens with one attached hydrogen (secondary N) is 1. The Balaban J connectivity index is 1.82. The molecule has 0 saturated carbocycles. The number of carbonyl (C=O) groups excluding carboxylic acids is 1. The lowest BCUT2D eigenvalue weighted by molar-refractivity contribution is -0.153. The maximum Gasteiger partial charge on any atom is 0.333 e. The number of aliphatic carboxylic acids is 1. The van der Waals surface area contributed by atoms with Gasteiger partial charge in [0.25, 0.3) is 5.91 Å². The highest BCUT2D eigenvalue weighted by Gasteiger charge is 2.21. The summed E-state index contributed by atoms with van der Waals surface area (Å²) in [5, 5.41) is 14.8. The van der Waals surface area contributed by atoms with Crippen LogP contribution in [-0.2, 0) is 22.5 Å². The number of ether oxygens (including phenoxy) is 2. The maximum atomic E-state index is 12.9. The van der Waals surface area contributed by atoms with Crippen molar-refractivity contribution in [2.45, 2.75) is 59.0 Å². The van der Waals surface area contributed by atoms with Gasteiger partial charge in [-0.15, -0.1) is 11.3 Å². The summed E-state index contributed by atoms with van der Waals surface area (Å²) >= 11 is 7.94. The molecule has 3 rings (SSSR count). The Kier molecular flexibility index (Phi) is 9.32. The van der Waals surface area contributed by atoms with Gasteiger partial charge in [-0.3, -0.25) is 4.79 Å². The van der Waals surface area contributed by atoms with E-state index in [9.17, 15) is 14.7 Å². The van der Waals surface area contributed by atoms with Gasteiger partial charge in [-0.2, -0.15) is 0 Å². The Labute approximate surface area is 214 Å². The first-order valence-electron chi connectivity index (χ1n) is 11.4. The first-order valence-corrected chi connectivity index (χ1v) is 12.7. The molecule has 8 heteroatoms. The summed E-state index contributed by atoms with van der Waals surface area (Å²) in [5.41, 5.74) is 3.03. The summed E-state index contributed by atoms with van der Waals surface area (Å²) in [6, 6.07) is 14.8. The van der Waals surface area contributed by atoms with Crippen LogP contribution >= 0.6 is 22.9 Å². The van der Waals surface area contributed by atoms with Crippen LogP contribution in [0.3, 0.4) is 0 Å². The van der Waals surface area contributed by atoms with Gasteiger partial charge < -0.3 is 19.9 Å². The fraction of sp³-hybridized carbons (Fsp3) is 0.333. The number of halogens is 1. The van der Waals surface area contributed by atoms with Gasteiger partial charge in [0, 0.05) is 17.8 Å². The monoisotopic (exact) mass is 515 g/mol. The van der Waals surface area contributed by atoms with Crippen LogP contribution in [0, 0.1) is 0 Å². The number of carboxylic acid groups (broad SMARTS) is 1. The number of hydrogen-bond donors (Lipinski definition) is 2. The van der Waals surface area contributed by atoms with Crippen molar-refractivity contribution in [2.75, 3.05) is 0 Å². The predicted molar refractivity (Wildman–Crippen MR) is 139 cm³/mol. The Morgan fingerprint density at radius 1 is 1.06 bits per heavy atom. The van der Waals surface area contributed by atoms with Crippen molar-refractivity contribution >= 4 is 34.8 Å². The molecule has 0 fully saturated rings. The number of rotatable bonds is 11.